The zero-order valence-corrected chi connectivity index (χ0v) is 16.3. The molecule has 0 heterocycles. The molecule has 2 amide bonds. The van der Waals surface area contributed by atoms with Gasteiger partial charge in [-0.2, -0.15) is 0 Å². The van der Waals surface area contributed by atoms with Crippen LogP contribution in [0.3, 0.4) is 0 Å². The molecule has 2 aromatic rings. The third-order valence-corrected chi connectivity index (χ3v) is 5.53. The highest BCUT2D eigenvalue weighted by Gasteiger charge is 2.30. The van der Waals surface area contributed by atoms with Gasteiger partial charge in [-0.3, -0.25) is 9.59 Å². The predicted molar refractivity (Wildman–Crippen MR) is 110 cm³/mol. The van der Waals surface area contributed by atoms with Crippen molar-refractivity contribution in [3.63, 3.8) is 0 Å². The lowest BCUT2D eigenvalue weighted by Crippen LogP contribution is -2.32. The topological polar surface area (TPSA) is 58.2 Å². The molecule has 0 aromatic heterocycles. The normalized spacial score (nSPS) is 19.4. The molecule has 2 aromatic carbocycles. The molecule has 3 rings (SSSR count). The number of benzene rings is 2. The van der Waals surface area contributed by atoms with E-state index in [9.17, 15) is 9.59 Å². The van der Waals surface area contributed by atoms with E-state index in [1.165, 1.54) is 11.1 Å². The third kappa shape index (κ3) is 4.97. The van der Waals surface area contributed by atoms with Crippen molar-refractivity contribution in [2.24, 2.45) is 11.8 Å². The maximum Gasteiger partial charge on any atom is 0.227 e. The van der Waals surface area contributed by atoms with Crippen LogP contribution in [0.1, 0.15) is 42.4 Å². The second-order valence-electron chi connectivity index (χ2n) is 7.70. The van der Waals surface area contributed by atoms with Crippen LogP contribution in [-0.4, -0.2) is 11.8 Å². The number of rotatable bonds is 4. The lowest BCUT2D eigenvalue weighted by molar-refractivity contribution is -0.125. The highest BCUT2D eigenvalue weighted by atomic mass is 16.2. The Bertz CT molecular complexity index is 836. The number of carbonyl (C=O) groups is 2. The lowest BCUT2D eigenvalue weighted by Gasteiger charge is -2.27. The number of hydrogen-bond donors (Lipinski definition) is 2. The second-order valence-corrected chi connectivity index (χ2v) is 7.70. The average molecular weight is 364 g/mol. The van der Waals surface area contributed by atoms with Crippen molar-refractivity contribution in [2.75, 3.05) is 10.6 Å². The summed E-state index contributed by atoms with van der Waals surface area (Å²) in [5.41, 5.74) is 5.20. The van der Waals surface area contributed by atoms with Gasteiger partial charge in [-0.05, 0) is 87.4 Å². The Kier molecular flexibility index (Phi) is 5.94. The maximum absolute atomic E-state index is 12.6. The Morgan fingerprint density at radius 1 is 0.741 bits per heavy atom. The number of nitrogens with one attached hydrogen (secondary N) is 2. The van der Waals surface area contributed by atoms with Gasteiger partial charge in [0.15, 0.2) is 0 Å². The van der Waals surface area contributed by atoms with Gasteiger partial charge in [0.1, 0.15) is 0 Å². The fraction of sp³-hybridized carbons (Fsp3) is 0.391. The van der Waals surface area contributed by atoms with Crippen LogP contribution in [0.25, 0.3) is 0 Å². The van der Waals surface area contributed by atoms with Gasteiger partial charge in [-0.25, -0.2) is 0 Å². The van der Waals surface area contributed by atoms with Gasteiger partial charge in [0, 0.05) is 23.2 Å². The summed E-state index contributed by atoms with van der Waals surface area (Å²) >= 11 is 0. The molecule has 0 bridgehead atoms. The van der Waals surface area contributed by atoms with Crippen molar-refractivity contribution in [3.8, 4) is 0 Å². The molecule has 1 saturated carbocycles. The quantitative estimate of drug-likeness (QED) is 0.802. The van der Waals surface area contributed by atoms with Crippen molar-refractivity contribution in [2.45, 2.75) is 46.5 Å². The van der Waals surface area contributed by atoms with Gasteiger partial charge >= 0.3 is 0 Å². The van der Waals surface area contributed by atoms with E-state index in [0.717, 1.165) is 42.6 Å². The summed E-state index contributed by atoms with van der Waals surface area (Å²) in [5, 5.41) is 6.04. The highest BCUT2D eigenvalue weighted by Crippen LogP contribution is 2.31. The van der Waals surface area contributed by atoms with Crippen LogP contribution in [0.15, 0.2) is 42.5 Å². The minimum Gasteiger partial charge on any atom is -0.326 e. The van der Waals surface area contributed by atoms with Crippen LogP contribution >= 0.6 is 0 Å². The van der Waals surface area contributed by atoms with E-state index in [1.54, 1.807) is 0 Å². The zero-order chi connectivity index (χ0) is 19.4. The Morgan fingerprint density at radius 2 is 1.30 bits per heavy atom. The Morgan fingerprint density at radius 3 is 1.81 bits per heavy atom. The average Bonchev–Trinajstić information content (AvgIpc) is 2.65. The first-order chi connectivity index (χ1) is 12.9. The molecule has 2 N–H and O–H groups in total. The SMILES string of the molecule is Cc1cccc(NC(=O)C2CCC(C(=O)Nc3ccc(C)c(C)c3)CC2)c1. The smallest absolute Gasteiger partial charge is 0.227 e. The summed E-state index contributed by atoms with van der Waals surface area (Å²) in [4.78, 5) is 25.1. The van der Waals surface area contributed by atoms with Crippen LogP contribution in [0.2, 0.25) is 0 Å². The second kappa shape index (κ2) is 8.38. The molecule has 0 unspecified atom stereocenters. The van der Waals surface area contributed by atoms with E-state index in [2.05, 4.69) is 17.6 Å². The number of carbonyl (C=O) groups excluding carboxylic acids is 2. The molecule has 1 fully saturated rings. The Hall–Kier alpha value is -2.62. The first-order valence-corrected chi connectivity index (χ1v) is 9.68. The van der Waals surface area contributed by atoms with E-state index in [-0.39, 0.29) is 23.7 Å². The zero-order valence-electron chi connectivity index (χ0n) is 16.3. The summed E-state index contributed by atoms with van der Waals surface area (Å²) in [6.07, 6.45) is 3.01. The van der Waals surface area contributed by atoms with Crippen molar-refractivity contribution in [3.05, 3.63) is 59.2 Å². The van der Waals surface area contributed by atoms with Crippen LogP contribution in [0.4, 0.5) is 11.4 Å². The molecular formula is C23H28N2O2. The summed E-state index contributed by atoms with van der Waals surface area (Å²) in [6, 6.07) is 13.8. The van der Waals surface area contributed by atoms with Gasteiger partial charge in [-0.15, -0.1) is 0 Å². The van der Waals surface area contributed by atoms with E-state index < -0.39 is 0 Å². The third-order valence-electron chi connectivity index (χ3n) is 5.53. The standard InChI is InChI=1S/C23H28N2O2/c1-15-5-4-6-20(13-15)24-22(26)18-8-10-19(11-9-18)23(27)25-21-12-7-16(2)17(3)14-21/h4-7,12-14,18-19H,8-11H2,1-3H3,(H,24,26)(H,25,27). The number of amides is 2. The van der Waals surface area contributed by atoms with Crippen molar-refractivity contribution < 1.29 is 9.59 Å². The largest absolute Gasteiger partial charge is 0.326 e. The summed E-state index contributed by atoms with van der Waals surface area (Å²) in [5.74, 6) is 0.0928. The first kappa shape index (κ1) is 19.2. The maximum atomic E-state index is 12.6. The highest BCUT2D eigenvalue weighted by molar-refractivity contribution is 5.94. The van der Waals surface area contributed by atoms with Gasteiger partial charge in [0.2, 0.25) is 11.8 Å². The van der Waals surface area contributed by atoms with Crippen LogP contribution < -0.4 is 10.6 Å². The summed E-state index contributed by atoms with van der Waals surface area (Å²) in [7, 11) is 0. The number of aryl methyl sites for hydroxylation is 3. The minimum absolute atomic E-state index is 0.0174. The monoisotopic (exact) mass is 364 g/mol. The van der Waals surface area contributed by atoms with Crippen molar-refractivity contribution in [1.29, 1.82) is 0 Å². The molecule has 0 radical (unpaired) electrons. The van der Waals surface area contributed by atoms with E-state index in [4.69, 9.17) is 0 Å². The fourth-order valence-electron chi connectivity index (χ4n) is 3.65. The molecule has 1 aliphatic carbocycles. The summed E-state index contributed by atoms with van der Waals surface area (Å²) < 4.78 is 0. The van der Waals surface area contributed by atoms with Gasteiger partial charge < -0.3 is 10.6 Å². The van der Waals surface area contributed by atoms with Crippen molar-refractivity contribution >= 4 is 23.2 Å². The first-order valence-electron chi connectivity index (χ1n) is 9.68. The predicted octanol–water partition coefficient (Wildman–Crippen LogP) is 5.00. The molecule has 4 heteroatoms. The van der Waals surface area contributed by atoms with Gasteiger partial charge in [-0.1, -0.05) is 18.2 Å². The fourth-order valence-corrected chi connectivity index (χ4v) is 3.65. The van der Waals surface area contributed by atoms with Crippen LogP contribution in [0.5, 0.6) is 0 Å². The Balaban J connectivity index is 1.51. The molecule has 27 heavy (non-hydrogen) atoms. The molecular weight excluding hydrogens is 336 g/mol. The van der Waals surface area contributed by atoms with Crippen LogP contribution in [-0.2, 0) is 9.59 Å². The lowest BCUT2D eigenvalue weighted by atomic mass is 9.81. The summed E-state index contributed by atoms with van der Waals surface area (Å²) in [6.45, 7) is 6.11. The molecule has 0 saturated heterocycles. The molecule has 4 nitrogen and oxygen atoms in total. The Labute approximate surface area is 161 Å². The number of anilines is 2. The van der Waals surface area contributed by atoms with Crippen LogP contribution in [0, 0.1) is 32.6 Å². The number of hydrogen-bond acceptors (Lipinski definition) is 2. The minimum atomic E-state index is -0.0189. The van der Waals surface area contributed by atoms with Gasteiger partial charge in [0.05, 0.1) is 0 Å². The molecule has 0 aliphatic heterocycles. The van der Waals surface area contributed by atoms with Gasteiger partial charge in [0.25, 0.3) is 0 Å². The van der Waals surface area contributed by atoms with E-state index in [1.807, 2.05) is 56.3 Å². The molecule has 1 aliphatic rings. The van der Waals surface area contributed by atoms with E-state index in [0.29, 0.717) is 0 Å². The molecule has 0 spiro atoms. The molecule has 142 valence electrons. The molecule has 0 atom stereocenters. The van der Waals surface area contributed by atoms with Crippen molar-refractivity contribution in [1.82, 2.24) is 0 Å². The van der Waals surface area contributed by atoms with E-state index >= 15 is 0 Å².